The molecule has 0 atom stereocenters. The van der Waals surface area contributed by atoms with Crippen LogP contribution in [0.3, 0.4) is 0 Å². The van der Waals surface area contributed by atoms with Crippen molar-refractivity contribution >= 4 is 53.4 Å². The maximum absolute atomic E-state index is 6.27. The Balaban J connectivity index is 0.996. The minimum absolute atomic E-state index is 0.605. The Morgan fingerprint density at radius 2 is 0.839 bits per heavy atom. The maximum Gasteiger partial charge on any atom is 0.164 e. The van der Waals surface area contributed by atoms with Crippen LogP contribution in [0.4, 0.5) is 0 Å². The van der Waals surface area contributed by atoms with Crippen LogP contribution < -0.4 is 0 Å². The molecule has 0 unspecified atom stereocenters. The zero-order valence-electron chi connectivity index (χ0n) is 30.1. The van der Waals surface area contributed by atoms with E-state index in [1.54, 1.807) is 11.3 Å². The van der Waals surface area contributed by atoms with E-state index in [0.29, 0.717) is 17.5 Å². The van der Waals surface area contributed by atoms with Gasteiger partial charge in [0.05, 0.1) is 0 Å². The molecule has 0 bridgehead atoms. The van der Waals surface area contributed by atoms with Gasteiger partial charge in [0.1, 0.15) is 11.2 Å². The van der Waals surface area contributed by atoms with E-state index in [4.69, 9.17) is 19.4 Å². The van der Waals surface area contributed by atoms with Crippen molar-refractivity contribution in [2.45, 2.75) is 0 Å². The lowest BCUT2D eigenvalue weighted by atomic mass is 9.97. The highest BCUT2D eigenvalue weighted by atomic mass is 32.1. The van der Waals surface area contributed by atoms with E-state index in [-0.39, 0.29) is 0 Å². The van der Waals surface area contributed by atoms with Crippen LogP contribution in [0.1, 0.15) is 0 Å². The Hall–Kier alpha value is -7.21. The van der Waals surface area contributed by atoms with Gasteiger partial charge in [0.25, 0.3) is 0 Å². The van der Waals surface area contributed by atoms with Crippen molar-refractivity contribution in [3.8, 4) is 67.5 Å². The van der Waals surface area contributed by atoms with Gasteiger partial charge in [-0.3, -0.25) is 0 Å². The molecule has 0 aliphatic rings. The zero-order chi connectivity index (χ0) is 37.0. The fourth-order valence-electron chi connectivity index (χ4n) is 7.76. The predicted molar refractivity (Wildman–Crippen MR) is 233 cm³/mol. The monoisotopic (exact) mass is 733 g/mol. The first-order chi connectivity index (χ1) is 27.7. The van der Waals surface area contributed by atoms with Crippen LogP contribution in [0.5, 0.6) is 0 Å². The summed E-state index contributed by atoms with van der Waals surface area (Å²) in [5.74, 6) is 1.85. The Morgan fingerprint density at radius 3 is 1.61 bits per heavy atom. The van der Waals surface area contributed by atoms with Crippen molar-refractivity contribution in [2.75, 3.05) is 0 Å². The van der Waals surface area contributed by atoms with Crippen LogP contribution >= 0.6 is 11.3 Å². The molecule has 0 radical (unpaired) electrons. The summed E-state index contributed by atoms with van der Waals surface area (Å²) in [6, 6.07) is 65.8. The molecule has 8 aromatic carbocycles. The molecule has 0 saturated carbocycles. The van der Waals surface area contributed by atoms with E-state index in [9.17, 15) is 0 Å². The minimum Gasteiger partial charge on any atom is -0.456 e. The Bertz CT molecular complexity index is 3240. The molecule has 262 valence electrons. The number of rotatable bonds is 6. The molecule has 0 amide bonds. The number of aromatic nitrogens is 3. The molecular formula is C51H31N3OS. The van der Waals surface area contributed by atoms with E-state index in [1.165, 1.54) is 42.4 Å². The number of furan rings is 1. The van der Waals surface area contributed by atoms with Gasteiger partial charge < -0.3 is 4.42 Å². The van der Waals surface area contributed by atoms with Gasteiger partial charge in [-0.2, -0.15) is 0 Å². The Kier molecular flexibility index (Phi) is 7.64. The molecule has 3 aromatic heterocycles. The van der Waals surface area contributed by atoms with Gasteiger partial charge in [-0.15, -0.1) is 11.3 Å². The lowest BCUT2D eigenvalue weighted by Gasteiger charge is -2.11. The zero-order valence-corrected chi connectivity index (χ0v) is 30.9. The highest BCUT2D eigenvalue weighted by molar-refractivity contribution is 7.25. The number of nitrogens with zero attached hydrogens (tertiary/aromatic N) is 3. The van der Waals surface area contributed by atoms with Crippen molar-refractivity contribution in [1.82, 2.24) is 15.0 Å². The fraction of sp³-hybridized carbons (Fsp3) is 0. The average Bonchev–Trinajstić information content (AvgIpc) is 3.85. The summed E-state index contributed by atoms with van der Waals surface area (Å²) in [6.45, 7) is 0. The summed E-state index contributed by atoms with van der Waals surface area (Å²) >= 11 is 1.79. The van der Waals surface area contributed by atoms with Gasteiger partial charge in [-0.1, -0.05) is 158 Å². The summed E-state index contributed by atoms with van der Waals surface area (Å²) in [5, 5.41) is 4.53. The molecule has 0 saturated heterocycles. The first-order valence-corrected chi connectivity index (χ1v) is 19.5. The molecule has 0 N–H and O–H groups in total. The van der Waals surface area contributed by atoms with Crippen molar-refractivity contribution in [3.63, 3.8) is 0 Å². The molecule has 4 nitrogen and oxygen atoms in total. The van der Waals surface area contributed by atoms with Crippen molar-refractivity contribution in [3.05, 3.63) is 188 Å². The SMILES string of the molecule is c1ccc(-c2ccc(-c3cccc(-c4ccc(-c5nc(-c6ccc7c(c6)sc6ccccc67)nc(-c6cccc7oc8ccccc8c67)n5)cc4)c3)cc2)cc1. The molecule has 0 fully saturated rings. The molecule has 11 aromatic rings. The van der Waals surface area contributed by atoms with Crippen LogP contribution in [-0.2, 0) is 0 Å². The molecule has 5 heteroatoms. The third-order valence-electron chi connectivity index (χ3n) is 10.6. The first kappa shape index (κ1) is 32.2. The van der Waals surface area contributed by atoms with Gasteiger partial charge in [-0.05, 0) is 63.7 Å². The largest absolute Gasteiger partial charge is 0.456 e. The first-order valence-electron chi connectivity index (χ1n) is 18.7. The second-order valence-corrected chi connectivity index (χ2v) is 15.1. The fourth-order valence-corrected chi connectivity index (χ4v) is 8.90. The number of para-hydroxylation sites is 1. The molecule has 0 spiro atoms. The lowest BCUT2D eigenvalue weighted by molar-refractivity contribution is 0.669. The Morgan fingerprint density at radius 1 is 0.321 bits per heavy atom. The van der Waals surface area contributed by atoms with Gasteiger partial charge in [0.15, 0.2) is 17.5 Å². The van der Waals surface area contributed by atoms with E-state index < -0.39 is 0 Å². The van der Waals surface area contributed by atoms with Crippen molar-refractivity contribution in [2.24, 2.45) is 0 Å². The van der Waals surface area contributed by atoms with Crippen LogP contribution in [0.2, 0.25) is 0 Å². The van der Waals surface area contributed by atoms with Gasteiger partial charge in [-0.25, -0.2) is 15.0 Å². The predicted octanol–water partition coefficient (Wildman–Crippen LogP) is 14.1. The van der Waals surface area contributed by atoms with Crippen LogP contribution in [-0.4, -0.2) is 15.0 Å². The minimum atomic E-state index is 0.605. The molecule has 56 heavy (non-hydrogen) atoms. The summed E-state index contributed by atoms with van der Waals surface area (Å²) in [7, 11) is 0. The van der Waals surface area contributed by atoms with Gasteiger partial charge in [0.2, 0.25) is 0 Å². The summed E-state index contributed by atoms with van der Waals surface area (Å²) in [6.07, 6.45) is 0. The van der Waals surface area contributed by atoms with E-state index in [0.717, 1.165) is 49.8 Å². The number of thiophene rings is 1. The number of hydrogen-bond donors (Lipinski definition) is 0. The second-order valence-electron chi connectivity index (χ2n) is 14.0. The Labute approximate surface area is 327 Å². The highest BCUT2D eigenvalue weighted by Crippen LogP contribution is 2.39. The third-order valence-corrected chi connectivity index (χ3v) is 11.7. The molecule has 0 aliphatic carbocycles. The molecule has 0 aliphatic heterocycles. The third kappa shape index (κ3) is 5.65. The van der Waals surface area contributed by atoms with E-state index in [2.05, 4.69) is 152 Å². The highest BCUT2D eigenvalue weighted by Gasteiger charge is 2.18. The van der Waals surface area contributed by atoms with Crippen molar-refractivity contribution in [1.29, 1.82) is 0 Å². The standard InChI is InChI=1S/C51H31N3OS/c1-2-10-32(11-3-1)33-20-22-34(23-21-33)37-12-8-13-38(30-37)35-24-26-36(27-25-35)49-52-50(39-28-29-41-40-14-5-7-19-46(40)56-47(41)31-39)54-51(53-49)43-16-9-18-45-48(43)42-15-4-6-17-44(42)55-45/h1-31H. The lowest BCUT2D eigenvalue weighted by Crippen LogP contribution is -2.00. The van der Waals surface area contributed by atoms with E-state index >= 15 is 0 Å². The summed E-state index contributed by atoms with van der Waals surface area (Å²) in [5.41, 5.74) is 11.5. The van der Waals surface area contributed by atoms with Crippen LogP contribution in [0.15, 0.2) is 192 Å². The average molecular weight is 734 g/mol. The number of hydrogen-bond acceptors (Lipinski definition) is 5. The van der Waals surface area contributed by atoms with E-state index in [1.807, 2.05) is 36.4 Å². The smallest absolute Gasteiger partial charge is 0.164 e. The van der Waals surface area contributed by atoms with Crippen LogP contribution in [0, 0.1) is 0 Å². The second kappa shape index (κ2) is 13.3. The quantitative estimate of drug-likeness (QED) is 0.171. The summed E-state index contributed by atoms with van der Waals surface area (Å²) < 4.78 is 8.74. The topological polar surface area (TPSA) is 51.8 Å². The normalized spacial score (nSPS) is 11.6. The van der Waals surface area contributed by atoms with Gasteiger partial charge >= 0.3 is 0 Å². The molecule has 11 rings (SSSR count). The summed E-state index contributed by atoms with van der Waals surface area (Å²) in [4.78, 5) is 15.5. The molecular weight excluding hydrogens is 703 g/mol. The maximum atomic E-state index is 6.27. The number of fused-ring (bicyclic) bond motifs is 6. The molecule has 3 heterocycles. The van der Waals surface area contributed by atoms with Crippen LogP contribution in [0.25, 0.3) is 110 Å². The van der Waals surface area contributed by atoms with Crippen molar-refractivity contribution < 1.29 is 4.42 Å². The van der Waals surface area contributed by atoms with Gasteiger partial charge in [0, 0.05) is 47.6 Å². The number of benzene rings is 8.